The third-order valence-corrected chi connectivity index (χ3v) is 1.62. The van der Waals surface area contributed by atoms with Crippen LogP contribution in [0.3, 0.4) is 0 Å². The first-order chi connectivity index (χ1) is 4.54. The first kappa shape index (κ1) is 9.22. The van der Waals surface area contributed by atoms with Crippen molar-refractivity contribution < 1.29 is 0 Å². The summed E-state index contributed by atoms with van der Waals surface area (Å²) in [6, 6.07) is 0. The van der Waals surface area contributed by atoms with E-state index in [1.165, 1.54) is 5.57 Å². The van der Waals surface area contributed by atoms with E-state index in [0.29, 0.717) is 0 Å². The van der Waals surface area contributed by atoms with Crippen molar-refractivity contribution in [2.24, 2.45) is 5.41 Å². The molecule has 0 aromatic heterocycles. The molecule has 0 spiro atoms. The van der Waals surface area contributed by atoms with E-state index >= 15 is 0 Å². The van der Waals surface area contributed by atoms with Crippen LogP contribution >= 0.6 is 0 Å². The Bertz CT molecular complexity index is 143. The van der Waals surface area contributed by atoms with E-state index in [9.17, 15) is 0 Å². The van der Waals surface area contributed by atoms with Crippen molar-refractivity contribution in [2.75, 3.05) is 0 Å². The van der Waals surface area contributed by atoms with Gasteiger partial charge in [0.1, 0.15) is 0 Å². The Labute approximate surface area is 64.0 Å². The van der Waals surface area contributed by atoms with Crippen molar-refractivity contribution in [1.82, 2.24) is 0 Å². The molecule has 0 aromatic carbocycles. The second kappa shape index (κ2) is 3.40. The van der Waals surface area contributed by atoms with Gasteiger partial charge in [-0.3, -0.25) is 0 Å². The van der Waals surface area contributed by atoms with Gasteiger partial charge in [-0.05, 0) is 13.3 Å². The lowest BCUT2D eigenvalue weighted by Crippen LogP contribution is -2.08. The third-order valence-electron chi connectivity index (χ3n) is 1.62. The minimum atomic E-state index is 0.0336. The zero-order valence-electron chi connectivity index (χ0n) is 6.98. The van der Waals surface area contributed by atoms with Gasteiger partial charge < -0.3 is 0 Å². The Morgan fingerprint density at radius 3 is 1.90 bits per heavy atom. The Hall–Kier alpha value is -0.780. The van der Waals surface area contributed by atoms with Crippen LogP contribution < -0.4 is 0 Å². The van der Waals surface area contributed by atoms with E-state index in [2.05, 4.69) is 26.7 Å². The van der Waals surface area contributed by atoms with Gasteiger partial charge >= 0.3 is 0 Å². The van der Waals surface area contributed by atoms with Crippen LogP contribution in [-0.2, 0) is 0 Å². The van der Waals surface area contributed by atoms with Crippen LogP contribution in [0.15, 0.2) is 37.5 Å². The molecule has 0 aliphatic rings. The SMILES string of the molecule is C=CC(C)(C=C)CC(=C)C. The molecule has 0 fully saturated rings. The van der Waals surface area contributed by atoms with Gasteiger partial charge in [0.25, 0.3) is 0 Å². The van der Waals surface area contributed by atoms with E-state index in [-0.39, 0.29) is 5.41 Å². The van der Waals surface area contributed by atoms with Gasteiger partial charge in [-0.1, -0.05) is 24.6 Å². The summed E-state index contributed by atoms with van der Waals surface area (Å²) in [4.78, 5) is 0. The number of rotatable bonds is 4. The van der Waals surface area contributed by atoms with Crippen molar-refractivity contribution in [3.8, 4) is 0 Å². The van der Waals surface area contributed by atoms with Gasteiger partial charge in [-0.2, -0.15) is 0 Å². The molecule has 0 rings (SSSR count). The minimum Gasteiger partial charge on any atom is -0.102 e. The molecule has 0 saturated heterocycles. The lowest BCUT2D eigenvalue weighted by atomic mass is 9.85. The second-order valence-corrected chi connectivity index (χ2v) is 3.05. The van der Waals surface area contributed by atoms with E-state index in [0.717, 1.165) is 6.42 Å². The minimum absolute atomic E-state index is 0.0336. The molecule has 0 aromatic rings. The lowest BCUT2D eigenvalue weighted by Gasteiger charge is -2.20. The maximum Gasteiger partial charge on any atom is 0.00643 e. The summed E-state index contributed by atoms with van der Waals surface area (Å²) in [7, 11) is 0. The van der Waals surface area contributed by atoms with Gasteiger partial charge in [-0.15, -0.1) is 19.7 Å². The third kappa shape index (κ3) is 2.67. The topological polar surface area (TPSA) is 0 Å². The molecular formula is C10H16. The molecule has 0 aliphatic heterocycles. The van der Waals surface area contributed by atoms with E-state index in [4.69, 9.17) is 0 Å². The smallest absolute Gasteiger partial charge is 0.00643 e. The highest BCUT2D eigenvalue weighted by Crippen LogP contribution is 2.26. The molecule has 0 nitrogen and oxygen atoms in total. The average molecular weight is 136 g/mol. The summed E-state index contributed by atoms with van der Waals surface area (Å²) in [6.07, 6.45) is 4.77. The number of hydrogen-bond acceptors (Lipinski definition) is 0. The summed E-state index contributed by atoms with van der Waals surface area (Å²) in [5, 5.41) is 0. The van der Waals surface area contributed by atoms with Crippen LogP contribution in [0.25, 0.3) is 0 Å². The molecule has 0 unspecified atom stereocenters. The van der Waals surface area contributed by atoms with Crippen molar-refractivity contribution >= 4 is 0 Å². The standard InChI is InChI=1S/C10H16/c1-6-10(5,7-2)8-9(3)4/h6-7H,1-3,8H2,4-5H3. The largest absolute Gasteiger partial charge is 0.102 e. The summed E-state index contributed by atoms with van der Waals surface area (Å²) >= 11 is 0. The molecule has 0 saturated carbocycles. The zero-order valence-corrected chi connectivity index (χ0v) is 6.98. The molecule has 0 atom stereocenters. The maximum absolute atomic E-state index is 3.84. The Kier molecular flexibility index (Phi) is 3.14. The van der Waals surface area contributed by atoms with Crippen LogP contribution in [0.1, 0.15) is 20.3 Å². The highest BCUT2D eigenvalue weighted by molar-refractivity contribution is 5.10. The molecule has 0 amide bonds. The Morgan fingerprint density at radius 2 is 1.80 bits per heavy atom. The fourth-order valence-corrected chi connectivity index (χ4v) is 0.878. The zero-order chi connectivity index (χ0) is 8.20. The van der Waals surface area contributed by atoms with Crippen LogP contribution in [0.4, 0.5) is 0 Å². The summed E-state index contributed by atoms with van der Waals surface area (Å²) in [5.41, 5.74) is 1.20. The molecular weight excluding hydrogens is 120 g/mol. The maximum atomic E-state index is 3.84. The molecule has 0 bridgehead atoms. The van der Waals surface area contributed by atoms with Crippen molar-refractivity contribution in [3.05, 3.63) is 37.5 Å². The van der Waals surface area contributed by atoms with Gasteiger partial charge in [-0.25, -0.2) is 0 Å². The van der Waals surface area contributed by atoms with Crippen LogP contribution in [0.5, 0.6) is 0 Å². The fourth-order valence-electron chi connectivity index (χ4n) is 0.878. The summed E-state index contributed by atoms with van der Waals surface area (Å²) in [6.45, 7) is 15.4. The predicted octanol–water partition coefficient (Wildman–Crippen LogP) is 3.33. The van der Waals surface area contributed by atoms with Crippen molar-refractivity contribution in [3.63, 3.8) is 0 Å². The first-order valence-corrected chi connectivity index (χ1v) is 3.45. The van der Waals surface area contributed by atoms with Gasteiger partial charge in [0.05, 0.1) is 0 Å². The normalized spacial score (nSPS) is 10.6. The fraction of sp³-hybridized carbons (Fsp3) is 0.400. The second-order valence-electron chi connectivity index (χ2n) is 3.05. The highest BCUT2D eigenvalue weighted by Gasteiger charge is 2.14. The quantitative estimate of drug-likeness (QED) is 0.520. The van der Waals surface area contributed by atoms with E-state index in [1.54, 1.807) is 0 Å². The van der Waals surface area contributed by atoms with Crippen LogP contribution in [-0.4, -0.2) is 0 Å². The molecule has 0 radical (unpaired) electrons. The van der Waals surface area contributed by atoms with Crippen LogP contribution in [0.2, 0.25) is 0 Å². The molecule has 0 heterocycles. The Morgan fingerprint density at radius 1 is 1.40 bits per heavy atom. The summed E-state index contributed by atoms with van der Waals surface area (Å²) in [5.74, 6) is 0. The van der Waals surface area contributed by atoms with Gasteiger partial charge in [0, 0.05) is 5.41 Å². The molecule has 0 aliphatic carbocycles. The Balaban J connectivity index is 4.19. The monoisotopic (exact) mass is 136 g/mol. The van der Waals surface area contributed by atoms with Crippen molar-refractivity contribution in [1.29, 1.82) is 0 Å². The highest BCUT2D eigenvalue weighted by atomic mass is 14.2. The van der Waals surface area contributed by atoms with E-state index in [1.807, 2.05) is 19.1 Å². The molecule has 56 valence electrons. The number of allylic oxidation sites excluding steroid dienone is 3. The van der Waals surface area contributed by atoms with E-state index < -0.39 is 0 Å². The number of hydrogen-bond donors (Lipinski definition) is 0. The van der Waals surface area contributed by atoms with Crippen LogP contribution in [0, 0.1) is 5.41 Å². The lowest BCUT2D eigenvalue weighted by molar-refractivity contribution is 0.549. The predicted molar refractivity (Wildman–Crippen MR) is 47.9 cm³/mol. The molecule has 10 heavy (non-hydrogen) atoms. The van der Waals surface area contributed by atoms with Gasteiger partial charge in [0.2, 0.25) is 0 Å². The first-order valence-electron chi connectivity index (χ1n) is 3.45. The summed E-state index contributed by atoms with van der Waals surface area (Å²) < 4.78 is 0. The van der Waals surface area contributed by atoms with Gasteiger partial charge in [0.15, 0.2) is 0 Å². The average Bonchev–Trinajstić information content (AvgIpc) is 1.87. The van der Waals surface area contributed by atoms with Crippen molar-refractivity contribution in [2.45, 2.75) is 20.3 Å². The molecule has 0 N–H and O–H groups in total. The molecule has 0 heteroatoms.